The molecule has 0 atom stereocenters. The van der Waals surface area contributed by atoms with E-state index in [9.17, 15) is 0 Å². The summed E-state index contributed by atoms with van der Waals surface area (Å²) >= 11 is 0. The summed E-state index contributed by atoms with van der Waals surface area (Å²) in [5.41, 5.74) is 2.24. The summed E-state index contributed by atoms with van der Waals surface area (Å²) < 4.78 is 5.30. The van der Waals surface area contributed by atoms with Gasteiger partial charge in [0.2, 0.25) is 5.88 Å². The number of benzene rings is 1. The third kappa shape index (κ3) is 2.54. The van der Waals surface area contributed by atoms with Gasteiger partial charge in [0.15, 0.2) is 0 Å². The lowest BCUT2D eigenvalue weighted by molar-refractivity contribution is 0.403. The first-order valence-electron chi connectivity index (χ1n) is 6.42. The van der Waals surface area contributed by atoms with Gasteiger partial charge in [-0.1, -0.05) is 6.07 Å². The predicted octanol–water partition coefficient (Wildman–Crippen LogP) is 3.25. The van der Waals surface area contributed by atoms with Gasteiger partial charge >= 0.3 is 0 Å². The summed E-state index contributed by atoms with van der Waals surface area (Å²) in [5.74, 6) is 0.648. The summed E-state index contributed by atoms with van der Waals surface area (Å²) in [6.45, 7) is 0.761. The maximum atomic E-state index is 5.30. The van der Waals surface area contributed by atoms with Gasteiger partial charge in [-0.3, -0.25) is 4.98 Å². The Hall–Kier alpha value is -2.62. The number of nitrogens with one attached hydrogen (secondary N) is 1. The minimum atomic E-state index is 0.648. The quantitative estimate of drug-likeness (QED) is 0.786. The molecule has 3 aromatic rings. The Kier molecular flexibility index (Phi) is 3.46. The molecule has 0 spiro atoms. The number of anilines is 1. The van der Waals surface area contributed by atoms with Gasteiger partial charge in [-0.05, 0) is 41.3 Å². The molecule has 0 aliphatic heterocycles. The zero-order valence-electron chi connectivity index (χ0n) is 11.2. The van der Waals surface area contributed by atoms with Crippen molar-refractivity contribution in [1.82, 2.24) is 9.97 Å². The van der Waals surface area contributed by atoms with Crippen molar-refractivity contribution in [3.63, 3.8) is 0 Å². The van der Waals surface area contributed by atoms with Crippen molar-refractivity contribution in [2.45, 2.75) is 6.54 Å². The molecule has 0 saturated carbocycles. The van der Waals surface area contributed by atoms with Crippen LogP contribution in [0.1, 0.15) is 5.56 Å². The van der Waals surface area contributed by atoms with Crippen molar-refractivity contribution in [2.24, 2.45) is 0 Å². The molecule has 0 fully saturated rings. The summed E-state index contributed by atoms with van der Waals surface area (Å²) in [4.78, 5) is 8.24. The molecule has 0 radical (unpaired) electrons. The number of fused-ring (bicyclic) bond motifs is 1. The number of methoxy groups -OCH3 is 1. The summed E-state index contributed by atoms with van der Waals surface area (Å²) in [6, 6.07) is 12.1. The minimum Gasteiger partial charge on any atom is -0.481 e. The zero-order chi connectivity index (χ0) is 13.8. The van der Waals surface area contributed by atoms with E-state index in [2.05, 4.69) is 33.5 Å². The fourth-order valence-corrected chi connectivity index (χ4v) is 2.12. The lowest BCUT2D eigenvalue weighted by Gasteiger charge is -2.09. The molecule has 0 bridgehead atoms. The molecule has 2 heterocycles. The second-order valence-electron chi connectivity index (χ2n) is 4.47. The first-order chi connectivity index (χ1) is 9.86. The average molecular weight is 265 g/mol. The standard InChI is InChI=1S/C16H15N3O/c1-20-16-15-10-14(3-2-13(15)6-9-18-16)19-11-12-4-7-17-8-5-12/h2-10,19H,11H2,1H3. The van der Waals surface area contributed by atoms with E-state index in [0.29, 0.717) is 5.88 Å². The van der Waals surface area contributed by atoms with E-state index in [1.165, 1.54) is 5.56 Å². The van der Waals surface area contributed by atoms with Crippen LogP contribution in [0.15, 0.2) is 55.0 Å². The molecule has 1 N–H and O–H groups in total. The molecular formula is C16H15N3O. The molecular weight excluding hydrogens is 250 g/mol. The van der Waals surface area contributed by atoms with Gasteiger partial charge in [-0.15, -0.1) is 0 Å². The van der Waals surface area contributed by atoms with Crippen LogP contribution in [0, 0.1) is 0 Å². The van der Waals surface area contributed by atoms with E-state index in [1.54, 1.807) is 25.7 Å². The van der Waals surface area contributed by atoms with Crippen molar-refractivity contribution in [2.75, 3.05) is 12.4 Å². The van der Waals surface area contributed by atoms with Gasteiger partial charge in [-0.2, -0.15) is 0 Å². The van der Waals surface area contributed by atoms with Crippen LogP contribution in [-0.4, -0.2) is 17.1 Å². The molecule has 1 aromatic carbocycles. The van der Waals surface area contributed by atoms with Gasteiger partial charge in [0.05, 0.1) is 7.11 Å². The molecule has 0 unspecified atom stereocenters. The van der Waals surface area contributed by atoms with Gasteiger partial charge in [0.25, 0.3) is 0 Å². The van der Waals surface area contributed by atoms with Crippen LogP contribution in [0.4, 0.5) is 5.69 Å². The molecule has 100 valence electrons. The summed E-state index contributed by atoms with van der Waals surface area (Å²) in [7, 11) is 1.64. The Bertz CT molecular complexity index is 713. The highest BCUT2D eigenvalue weighted by Crippen LogP contribution is 2.26. The summed E-state index contributed by atoms with van der Waals surface area (Å²) in [6.07, 6.45) is 5.35. The molecule has 3 rings (SSSR count). The molecule has 0 aliphatic carbocycles. The maximum absolute atomic E-state index is 5.30. The SMILES string of the molecule is COc1nccc2ccc(NCc3ccncc3)cc12. The molecule has 0 aliphatic rings. The van der Waals surface area contributed by atoms with Gasteiger partial charge in [0, 0.05) is 36.2 Å². The topological polar surface area (TPSA) is 47.0 Å². The highest BCUT2D eigenvalue weighted by atomic mass is 16.5. The third-order valence-electron chi connectivity index (χ3n) is 3.17. The number of nitrogens with zero attached hydrogens (tertiary/aromatic N) is 2. The second-order valence-corrected chi connectivity index (χ2v) is 4.47. The highest BCUT2D eigenvalue weighted by Gasteiger charge is 2.03. The first kappa shape index (κ1) is 12.4. The largest absolute Gasteiger partial charge is 0.481 e. The van der Waals surface area contributed by atoms with Crippen LogP contribution in [-0.2, 0) is 6.54 Å². The Morgan fingerprint density at radius 3 is 2.70 bits per heavy atom. The first-order valence-corrected chi connectivity index (χ1v) is 6.42. The van der Waals surface area contributed by atoms with Crippen LogP contribution in [0.5, 0.6) is 5.88 Å². The fourth-order valence-electron chi connectivity index (χ4n) is 2.12. The van der Waals surface area contributed by atoms with Crippen molar-refractivity contribution in [3.8, 4) is 5.88 Å². The molecule has 20 heavy (non-hydrogen) atoms. The molecule has 4 heteroatoms. The molecule has 0 amide bonds. The Balaban J connectivity index is 1.85. The smallest absolute Gasteiger partial charge is 0.221 e. The van der Waals surface area contributed by atoms with E-state index in [4.69, 9.17) is 4.74 Å². The number of pyridine rings is 2. The second kappa shape index (κ2) is 5.57. The Labute approximate surface area is 117 Å². The lowest BCUT2D eigenvalue weighted by atomic mass is 10.1. The lowest BCUT2D eigenvalue weighted by Crippen LogP contribution is -1.99. The summed E-state index contributed by atoms with van der Waals surface area (Å²) in [5, 5.41) is 5.52. The third-order valence-corrected chi connectivity index (χ3v) is 3.17. The zero-order valence-corrected chi connectivity index (χ0v) is 11.2. The van der Waals surface area contributed by atoms with Crippen LogP contribution in [0.2, 0.25) is 0 Å². The monoisotopic (exact) mass is 265 g/mol. The van der Waals surface area contributed by atoms with E-state index < -0.39 is 0 Å². The minimum absolute atomic E-state index is 0.648. The number of hydrogen-bond donors (Lipinski definition) is 1. The molecule has 4 nitrogen and oxygen atoms in total. The van der Waals surface area contributed by atoms with Crippen molar-refractivity contribution in [3.05, 3.63) is 60.6 Å². The van der Waals surface area contributed by atoms with Crippen LogP contribution in [0.3, 0.4) is 0 Å². The van der Waals surface area contributed by atoms with Crippen molar-refractivity contribution >= 4 is 16.5 Å². The van der Waals surface area contributed by atoms with Gasteiger partial charge < -0.3 is 10.1 Å². The number of hydrogen-bond acceptors (Lipinski definition) is 4. The van der Waals surface area contributed by atoms with Crippen LogP contribution in [0.25, 0.3) is 10.8 Å². The van der Waals surface area contributed by atoms with Crippen molar-refractivity contribution < 1.29 is 4.74 Å². The number of ether oxygens (including phenoxy) is 1. The molecule has 2 aromatic heterocycles. The molecule has 0 saturated heterocycles. The normalized spacial score (nSPS) is 10.4. The van der Waals surface area contributed by atoms with E-state index in [-0.39, 0.29) is 0 Å². The van der Waals surface area contributed by atoms with E-state index >= 15 is 0 Å². The maximum Gasteiger partial charge on any atom is 0.221 e. The van der Waals surface area contributed by atoms with Gasteiger partial charge in [-0.25, -0.2) is 4.98 Å². The average Bonchev–Trinajstić information content (AvgIpc) is 2.53. The van der Waals surface area contributed by atoms with E-state index in [0.717, 1.165) is 23.0 Å². The van der Waals surface area contributed by atoms with Crippen LogP contribution < -0.4 is 10.1 Å². The van der Waals surface area contributed by atoms with Gasteiger partial charge in [0.1, 0.15) is 0 Å². The highest BCUT2D eigenvalue weighted by molar-refractivity contribution is 5.89. The Morgan fingerprint density at radius 2 is 1.90 bits per heavy atom. The fraction of sp³-hybridized carbons (Fsp3) is 0.125. The number of aromatic nitrogens is 2. The van der Waals surface area contributed by atoms with E-state index in [1.807, 2.05) is 18.2 Å². The predicted molar refractivity (Wildman–Crippen MR) is 79.9 cm³/mol. The van der Waals surface area contributed by atoms with Crippen molar-refractivity contribution in [1.29, 1.82) is 0 Å². The van der Waals surface area contributed by atoms with Crippen LogP contribution >= 0.6 is 0 Å². The Morgan fingerprint density at radius 1 is 1.05 bits per heavy atom. The number of rotatable bonds is 4.